The van der Waals surface area contributed by atoms with E-state index in [9.17, 15) is 0 Å². The summed E-state index contributed by atoms with van der Waals surface area (Å²) in [5, 5.41) is 18.8. The molecule has 0 saturated carbocycles. The second-order valence-corrected chi connectivity index (χ2v) is 6.92. The van der Waals surface area contributed by atoms with Crippen molar-refractivity contribution in [2.75, 3.05) is 7.11 Å². The van der Waals surface area contributed by atoms with E-state index in [0.717, 1.165) is 37.9 Å². The molecule has 126 valence electrons. The predicted octanol–water partition coefficient (Wildman–Crippen LogP) is 4.21. The van der Waals surface area contributed by atoms with Crippen LogP contribution < -0.4 is 4.74 Å². The van der Waals surface area contributed by atoms with E-state index in [1.807, 2.05) is 47.1 Å². The van der Waals surface area contributed by atoms with Crippen LogP contribution in [0.15, 0.2) is 42.5 Å². The second kappa shape index (κ2) is 6.25. The standard InChI is InChI=1S/C18H17N5OS/c1-11(2)23-15-9-8-12(10-14(15)19-22-23)17-20-21-18(25-17)13-6-4-5-7-16(13)24-3/h4-11H,1-3H3. The summed E-state index contributed by atoms with van der Waals surface area (Å²) in [6.07, 6.45) is 0. The predicted molar refractivity (Wildman–Crippen MR) is 98.8 cm³/mol. The number of nitrogens with zero attached hydrogens (tertiary/aromatic N) is 5. The fraction of sp³-hybridized carbons (Fsp3) is 0.222. The van der Waals surface area contributed by atoms with Crippen molar-refractivity contribution in [1.29, 1.82) is 0 Å². The van der Waals surface area contributed by atoms with Crippen molar-refractivity contribution < 1.29 is 4.74 Å². The highest BCUT2D eigenvalue weighted by Crippen LogP contribution is 2.35. The average Bonchev–Trinajstić information content (AvgIpc) is 3.28. The van der Waals surface area contributed by atoms with Crippen LogP contribution >= 0.6 is 11.3 Å². The molecule has 2 heterocycles. The van der Waals surface area contributed by atoms with Gasteiger partial charge in [-0.05, 0) is 44.2 Å². The van der Waals surface area contributed by atoms with Gasteiger partial charge in [0.25, 0.3) is 0 Å². The number of methoxy groups -OCH3 is 1. The Morgan fingerprint density at radius 1 is 1.00 bits per heavy atom. The molecule has 0 aliphatic carbocycles. The van der Waals surface area contributed by atoms with Crippen LogP contribution in [0.1, 0.15) is 19.9 Å². The van der Waals surface area contributed by atoms with Crippen LogP contribution in [0.25, 0.3) is 32.2 Å². The Morgan fingerprint density at radius 3 is 2.60 bits per heavy atom. The molecule has 0 atom stereocenters. The molecule has 0 fully saturated rings. The number of fused-ring (bicyclic) bond motifs is 1. The number of rotatable bonds is 4. The van der Waals surface area contributed by atoms with Crippen molar-refractivity contribution in [2.24, 2.45) is 0 Å². The van der Waals surface area contributed by atoms with Gasteiger partial charge in [0.2, 0.25) is 0 Å². The van der Waals surface area contributed by atoms with Gasteiger partial charge in [0.15, 0.2) is 5.01 Å². The molecule has 0 spiro atoms. The molecule has 0 N–H and O–H groups in total. The van der Waals surface area contributed by atoms with Gasteiger partial charge in [-0.1, -0.05) is 28.7 Å². The number of hydrogen-bond donors (Lipinski definition) is 0. The zero-order valence-corrected chi connectivity index (χ0v) is 15.0. The van der Waals surface area contributed by atoms with Gasteiger partial charge < -0.3 is 4.74 Å². The number of ether oxygens (including phenoxy) is 1. The van der Waals surface area contributed by atoms with Gasteiger partial charge in [0, 0.05) is 11.6 Å². The van der Waals surface area contributed by atoms with Crippen LogP contribution in [-0.2, 0) is 0 Å². The van der Waals surface area contributed by atoms with Gasteiger partial charge in [-0.25, -0.2) is 4.68 Å². The third-order valence-corrected chi connectivity index (χ3v) is 4.98. The van der Waals surface area contributed by atoms with E-state index in [0.29, 0.717) is 0 Å². The van der Waals surface area contributed by atoms with Crippen molar-refractivity contribution in [3.8, 4) is 26.9 Å². The van der Waals surface area contributed by atoms with Crippen LogP contribution in [-0.4, -0.2) is 32.3 Å². The van der Waals surface area contributed by atoms with Crippen molar-refractivity contribution >= 4 is 22.4 Å². The molecule has 0 amide bonds. The third kappa shape index (κ3) is 2.76. The van der Waals surface area contributed by atoms with Gasteiger partial charge in [0.05, 0.1) is 18.2 Å². The normalized spacial score (nSPS) is 11.4. The molecule has 0 radical (unpaired) electrons. The first-order valence-corrected chi connectivity index (χ1v) is 8.81. The summed E-state index contributed by atoms with van der Waals surface area (Å²) in [6.45, 7) is 4.18. The van der Waals surface area contributed by atoms with E-state index in [-0.39, 0.29) is 6.04 Å². The Labute approximate surface area is 149 Å². The molecule has 0 aliphatic heterocycles. The lowest BCUT2D eigenvalue weighted by Gasteiger charge is -2.05. The molecule has 0 unspecified atom stereocenters. The van der Waals surface area contributed by atoms with Crippen LogP contribution in [0, 0.1) is 0 Å². The number of aromatic nitrogens is 5. The van der Waals surface area contributed by atoms with E-state index in [1.54, 1.807) is 7.11 Å². The van der Waals surface area contributed by atoms with E-state index in [2.05, 4.69) is 34.4 Å². The zero-order chi connectivity index (χ0) is 17.4. The highest BCUT2D eigenvalue weighted by molar-refractivity contribution is 7.18. The van der Waals surface area contributed by atoms with Crippen LogP contribution in [0.3, 0.4) is 0 Å². The molecule has 2 aromatic heterocycles. The number of benzene rings is 2. The smallest absolute Gasteiger partial charge is 0.151 e. The van der Waals surface area contributed by atoms with Crippen molar-refractivity contribution in [1.82, 2.24) is 25.2 Å². The zero-order valence-electron chi connectivity index (χ0n) is 14.2. The monoisotopic (exact) mass is 351 g/mol. The quantitative estimate of drug-likeness (QED) is 0.551. The molecular formula is C18H17N5OS. The summed E-state index contributed by atoms with van der Waals surface area (Å²) >= 11 is 1.53. The molecule has 0 saturated heterocycles. The Bertz CT molecular complexity index is 1040. The first-order chi connectivity index (χ1) is 12.2. The summed E-state index contributed by atoms with van der Waals surface area (Å²) in [4.78, 5) is 0. The Hall–Kier alpha value is -2.80. The lowest BCUT2D eigenvalue weighted by Crippen LogP contribution is -2.02. The molecule has 4 rings (SSSR count). The van der Waals surface area contributed by atoms with Gasteiger partial charge in [0.1, 0.15) is 16.3 Å². The highest BCUT2D eigenvalue weighted by Gasteiger charge is 2.14. The maximum absolute atomic E-state index is 5.42. The molecule has 0 aliphatic rings. The van der Waals surface area contributed by atoms with Crippen LogP contribution in [0.2, 0.25) is 0 Å². The molecule has 0 bridgehead atoms. The molecule has 4 aromatic rings. The van der Waals surface area contributed by atoms with Gasteiger partial charge in [-0.2, -0.15) is 0 Å². The van der Waals surface area contributed by atoms with E-state index in [4.69, 9.17) is 4.74 Å². The maximum Gasteiger partial charge on any atom is 0.151 e. The summed E-state index contributed by atoms with van der Waals surface area (Å²) in [5.74, 6) is 0.792. The molecular weight excluding hydrogens is 334 g/mol. The minimum atomic E-state index is 0.273. The van der Waals surface area contributed by atoms with Crippen molar-refractivity contribution in [2.45, 2.75) is 19.9 Å². The fourth-order valence-electron chi connectivity index (χ4n) is 2.73. The van der Waals surface area contributed by atoms with Crippen LogP contribution in [0.5, 0.6) is 5.75 Å². The van der Waals surface area contributed by atoms with E-state index >= 15 is 0 Å². The van der Waals surface area contributed by atoms with Gasteiger partial charge >= 0.3 is 0 Å². The van der Waals surface area contributed by atoms with Crippen LogP contribution in [0.4, 0.5) is 0 Å². The van der Waals surface area contributed by atoms with Crippen molar-refractivity contribution in [3.05, 3.63) is 42.5 Å². The first kappa shape index (κ1) is 15.7. The van der Waals surface area contributed by atoms with E-state index in [1.165, 1.54) is 11.3 Å². The Kier molecular flexibility index (Phi) is 3.93. The fourth-order valence-corrected chi connectivity index (χ4v) is 3.60. The number of para-hydroxylation sites is 1. The third-order valence-electron chi connectivity index (χ3n) is 3.97. The molecule has 25 heavy (non-hydrogen) atoms. The summed E-state index contributed by atoms with van der Waals surface area (Å²) in [6, 6.07) is 14.2. The topological polar surface area (TPSA) is 65.7 Å². The molecule has 2 aromatic carbocycles. The first-order valence-electron chi connectivity index (χ1n) is 7.99. The lowest BCUT2D eigenvalue weighted by molar-refractivity contribution is 0.416. The molecule has 6 nitrogen and oxygen atoms in total. The lowest BCUT2D eigenvalue weighted by atomic mass is 10.2. The highest BCUT2D eigenvalue weighted by atomic mass is 32.1. The summed E-state index contributed by atoms with van der Waals surface area (Å²) in [5.41, 5.74) is 3.82. The average molecular weight is 351 g/mol. The van der Waals surface area contributed by atoms with Gasteiger partial charge in [-0.15, -0.1) is 15.3 Å². The molecule has 7 heteroatoms. The van der Waals surface area contributed by atoms with Gasteiger partial charge in [-0.3, -0.25) is 0 Å². The minimum absolute atomic E-state index is 0.273. The minimum Gasteiger partial charge on any atom is -0.496 e. The van der Waals surface area contributed by atoms with Crippen molar-refractivity contribution in [3.63, 3.8) is 0 Å². The van der Waals surface area contributed by atoms with E-state index < -0.39 is 0 Å². The Balaban J connectivity index is 1.74. The number of hydrogen-bond acceptors (Lipinski definition) is 6. The summed E-state index contributed by atoms with van der Waals surface area (Å²) in [7, 11) is 1.66. The largest absolute Gasteiger partial charge is 0.496 e. The SMILES string of the molecule is COc1ccccc1-c1nnc(-c2ccc3c(c2)nnn3C(C)C)s1. The second-order valence-electron chi connectivity index (χ2n) is 5.94. The Morgan fingerprint density at radius 2 is 1.80 bits per heavy atom. The summed E-state index contributed by atoms with van der Waals surface area (Å²) < 4.78 is 7.33. The maximum atomic E-state index is 5.42.